The monoisotopic (exact) mass is 201 g/mol. The van der Waals surface area contributed by atoms with Crippen LogP contribution in [-0.4, -0.2) is 46.8 Å². The standard InChI is InChI=1S/C9H19N3O2/c10-9(11-14)7-12(5-2-6-13)8-3-1-4-8/h8,13-14H,1-7H2,(H2,10,11). The molecule has 5 nitrogen and oxygen atoms in total. The molecule has 82 valence electrons. The van der Waals surface area contributed by atoms with Crippen LogP contribution in [0.2, 0.25) is 0 Å². The minimum Gasteiger partial charge on any atom is -0.409 e. The third kappa shape index (κ3) is 3.16. The van der Waals surface area contributed by atoms with Crippen LogP contribution in [0.4, 0.5) is 0 Å². The van der Waals surface area contributed by atoms with Crippen molar-refractivity contribution >= 4 is 5.84 Å². The lowest BCUT2D eigenvalue weighted by Gasteiger charge is -2.37. The normalized spacial score (nSPS) is 18.6. The molecule has 0 amide bonds. The molecular weight excluding hydrogens is 182 g/mol. The summed E-state index contributed by atoms with van der Waals surface area (Å²) in [5.41, 5.74) is 5.46. The fourth-order valence-corrected chi connectivity index (χ4v) is 1.66. The Morgan fingerprint density at radius 2 is 2.21 bits per heavy atom. The Kier molecular flexibility index (Phi) is 4.69. The van der Waals surface area contributed by atoms with Crippen LogP contribution in [0.3, 0.4) is 0 Å². The Balaban J connectivity index is 2.35. The van der Waals surface area contributed by atoms with Gasteiger partial charge in [0.2, 0.25) is 0 Å². The third-order valence-corrected chi connectivity index (χ3v) is 2.69. The first kappa shape index (κ1) is 11.3. The highest BCUT2D eigenvalue weighted by molar-refractivity contribution is 5.81. The summed E-state index contributed by atoms with van der Waals surface area (Å²) in [6.45, 7) is 1.51. The summed E-state index contributed by atoms with van der Waals surface area (Å²) in [6, 6.07) is 0.557. The van der Waals surface area contributed by atoms with Gasteiger partial charge in [0, 0.05) is 19.2 Å². The second-order valence-electron chi connectivity index (χ2n) is 3.72. The topological polar surface area (TPSA) is 82.1 Å². The van der Waals surface area contributed by atoms with Gasteiger partial charge in [-0.2, -0.15) is 0 Å². The van der Waals surface area contributed by atoms with E-state index in [9.17, 15) is 0 Å². The van der Waals surface area contributed by atoms with Gasteiger partial charge < -0.3 is 16.0 Å². The number of nitrogens with two attached hydrogens (primary N) is 1. The highest BCUT2D eigenvalue weighted by Gasteiger charge is 2.24. The number of hydrogen-bond donors (Lipinski definition) is 3. The van der Waals surface area contributed by atoms with E-state index in [4.69, 9.17) is 16.0 Å². The highest BCUT2D eigenvalue weighted by atomic mass is 16.4. The molecule has 0 aromatic carbocycles. The maximum atomic E-state index is 8.74. The van der Waals surface area contributed by atoms with Crippen molar-refractivity contribution < 1.29 is 10.3 Å². The van der Waals surface area contributed by atoms with Gasteiger partial charge in [0.1, 0.15) is 0 Å². The maximum Gasteiger partial charge on any atom is 0.153 e. The van der Waals surface area contributed by atoms with Crippen LogP contribution in [-0.2, 0) is 0 Å². The van der Waals surface area contributed by atoms with E-state index in [1.807, 2.05) is 0 Å². The second kappa shape index (κ2) is 5.82. The van der Waals surface area contributed by atoms with E-state index in [1.54, 1.807) is 0 Å². The van der Waals surface area contributed by atoms with Crippen molar-refractivity contribution in [3.8, 4) is 0 Å². The van der Waals surface area contributed by atoms with Gasteiger partial charge in [0.15, 0.2) is 5.84 Å². The molecule has 1 aliphatic rings. The minimum absolute atomic E-state index is 0.194. The predicted octanol–water partition coefficient (Wildman–Crippen LogP) is -0.0303. The van der Waals surface area contributed by atoms with Gasteiger partial charge in [-0.25, -0.2) is 0 Å². The summed E-state index contributed by atoms with van der Waals surface area (Å²) in [4.78, 5) is 2.18. The van der Waals surface area contributed by atoms with Crippen molar-refractivity contribution in [1.82, 2.24) is 4.90 Å². The molecule has 0 spiro atoms. The number of oxime groups is 1. The van der Waals surface area contributed by atoms with E-state index in [1.165, 1.54) is 19.3 Å². The molecule has 1 rings (SSSR count). The van der Waals surface area contributed by atoms with Crippen LogP contribution >= 0.6 is 0 Å². The molecule has 0 heterocycles. The van der Waals surface area contributed by atoms with E-state index in [0.717, 1.165) is 13.0 Å². The Bertz CT molecular complexity index is 192. The van der Waals surface area contributed by atoms with Crippen LogP contribution in [0.5, 0.6) is 0 Å². The van der Waals surface area contributed by atoms with Gasteiger partial charge in [-0.15, -0.1) is 0 Å². The molecule has 5 heteroatoms. The minimum atomic E-state index is 0.194. The van der Waals surface area contributed by atoms with E-state index in [-0.39, 0.29) is 12.4 Å². The number of nitrogens with zero attached hydrogens (tertiary/aromatic N) is 2. The molecule has 0 bridgehead atoms. The van der Waals surface area contributed by atoms with E-state index >= 15 is 0 Å². The number of aliphatic hydroxyl groups is 1. The Labute approximate surface area is 84.2 Å². The second-order valence-corrected chi connectivity index (χ2v) is 3.72. The molecule has 4 N–H and O–H groups in total. The fraction of sp³-hybridized carbons (Fsp3) is 0.889. The molecule has 0 aliphatic heterocycles. The molecule has 1 saturated carbocycles. The SMILES string of the molecule is NC(CN(CCCO)C1CCC1)=NO. The van der Waals surface area contributed by atoms with E-state index in [2.05, 4.69) is 10.1 Å². The molecule has 1 aliphatic carbocycles. The molecule has 14 heavy (non-hydrogen) atoms. The summed E-state index contributed by atoms with van der Waals surface area (Å²) in [5, 5.41) is 20.2. The lowest BCUT2D eigenvalue weighted by Crippen LogP contribution is -2.45. The largest absolute Gasteiger partial charge is 0.409 e. The van der Waals surface area contributed by atoms with Gasteiger partial charge in [0.05, 0.1) is 6.54 Å². The fourth-order valence-electron chi connectivity index (χ4n) is 1.66. The zero-order valence-corrected chi connectivity index (χ0v) is 8.39. The lowest BCUT2D eigenvalue weighted by molar-refractivity contribution is 0.133. The summed E-state index contributed by atoms with van der Waals surface area (Å²) >= 11 is 0. The molecule has 0 radical (unpaired) electrons. The molecule has 1 fully saturated rings. The van der Waals surface area contributed by atoms with Crippen LogP contribution in [0.15, 0.2) is 5.16 Å². The molecule has 0 saturated heterocycles. The average molecular weight is 201 g/mol. The first-order valence-corrected chi connectivity index (χ1v) is 5.09. The molecule has 0 unspecified atom stereocenters. The van der Waals surface area contributed by atoms with Crippen molar-refractivity contribution in [2.24, 2.45) is 10.9 Å². The maximum absolute atomic E-state index is 8.74. The number of amidine groups is 1. The highest BCUT2D eigenvalue weighted by Crippen LogP contribution is 2.24. The quantitative estimate of drug-likeness (QED) is 0.244. The number of aliphatic hydroxyl groups excluding tert-OH is 1. The first-order chi connectivity index (χ1) is 6.77. The van der Waals surface area contributed by atoms with Gasteiger partial charge in [-0.1, -0.05) is 11.6 Å². The number of hydrogen-bond acceptors (Lipinski definition) is 4. The predicted molar refractivity (Wildman–Crippen MR) is 54.3 cm³/mol. The van der Waals surface area contributed by atoms with Gasteiger partial charge >= 0.3 is 0 Å². The Morgan fingerprint density at radius 1 is 1.50 bits per heavy atom. The molecule has 0 aromatic rings. The van der Waals surface area contributed by atoms with E-state index < -0.39 is 0 Å². The van der Waals surface area contributed by atoms with Crippen LogP contribution in [0, 0.1) is 0 Å². The zero-order valence-electron chi connectivity index (χ0n) is 8.39. The summed E-state index contributed by atoms with van der Waals surface area (Å²) in [6.07, 6.45) is 4.37. The van der Waals surface area contributed by atoms with Crippen molar-refractivity contribution in [1.29, 1.82) is 0 Å². The van der Waals surface area contributed by atoms with Gasteiger partial charge in [0.25, 0.3) is 0 Å². The van der Waals surface area contributed by atoms with Crippen LogP contribution < -0.4 is 5.73 Å². The molecule has 0 aromatic heterocycles. The number of rotatable bonds is 6. The molecular formula is C9H19N3O2. The Morgan fingerprint density at radius 3 is 2.64 bits per heavy atom. The van der Waals surface area contributed by atoms with Gasteiger partial charge in [-0.05, 0) is 19.3 Å². The summed E-state index contributed by atoms with van der Waals surface area (Å²) in [5.74, 6) is 0.245. The first-order valence-electron chi connectivity index (χ1n) is 5.09. The summed E-state index contributed by atoms with van der Waals surface area (Å²) < 4.78 is 0. The van der Waals surface area contributed by atoms with Crippen LogP contribution in [0.25, 0.3) is 0 Å². The Hall–Kier alpha value is -0.810. The van der Waals surface area contributed by atoms with Crippen molar-refractivity contribution in [3.05, 3.63) is 0 Å². The third-order valence-electron chi connectivity index (χ3n) is 2.69. The van der Waals surface area contributed by atoms with Crippen LogP contribution in [0.1, 0.15) is 25.7 Å². The van der Waals surface area contributed by atoms with Gasteiger partial charge in [-0.3, -0.25) is 4.90 Å². The molecule has 0 atom stereocenters. The average Bonchev–Trinajstić information content (AvgIpc) is 2.11. The van der Waals surface area contributed by atoms with Crippen molar-refractivity contribution in [2.45, 2.75) is 31.7 Å². The van der Waals surface area contributed by atoms with E-state index in [0.29, 0.717) is 12.6 Å². The van der Waals surface area contributed by atoms with Crippen molar-refractivity contribution in [3.63, 3.8) is 0 Å². The smallest absolute Gasteiger partial charge is 0.153 e. The lowest BCUT2D eigenvalue weighted by atomic mass is 9.91. The summed E-state index contributed by atoms with van der Waals surface area (Å²) in [7, 11) is 0. The zero-order chi connectivity index (χ0) is 10.4. The van der Waals surface area contributed by atoms with Crippen molar-refractivity contribution in [2.75, 3.05) is 19.7 Å².